The number of nitrogen functional groups attached to an aromatic ring is 2. The SMILES string of the molecule is CC(=O)O.Cc1cc(-c2cc(C)c(N)c(C)c2)cc(C)c1N. The highest BCUT2D eigenvalue weighted by molar-refractivity contribution is 5.73. The summed E-state index contributed by atoms with van der Waals surface area (Å²) < 4.78 is 0. The maximum absolute atomic E-state index is 9.00. The maximum Gasteiger partial charge on any atom is 0.300 e. The number of carboxylic acid groups (broad SMARTS) is 1. The van der Waals surface area contributed by atoms with Gasteiger partial charge in [-0.05, 0) is 85.3 Å². The normalized spacial score (nSPS) is 9.86. The molecule has 0 fully saturated rings. The summed E-state index contributed by atoms with van der Waals surface area (Å²) in [5, 5.41) is 7.42. The van der Waals surface area contributed by atoms with Crippen LogP contribution in [0.5, 0.6) is 0 Å². The highest BCUT2D eigenvalue weighted by atomic mass is 16.4. The van der Waals surface area contributed by atoms with Crippen molar-refractivity contribution < 1.29 is 9.90 Å². The Morgan fingerprint density at radius 2 is 0.955 bits per heavy atom. The van der Waals surface area contributed by atoms with Crippen LogP contribution < -0.4 is 11.5 Å². The molecule has 0 heterocycles. The van der Waals surface area contributed by atoms with E-state index in [0.717, 1.165) is 40.6 Å². The minimum absolute atomic E-state index is 0.833. The highest BCUT2D eigenvalue weighted by Crippen LogP contribution is 2.30. The van der Waals surface area contributed by atoms with Crippen molar-refractivity contribution in [3.63, 3.8) is 0 Å². The van der Waals surface area contributed by atoms with E-state index < -0.39 is 5.97 Å². The van der Waals surface area contributed by atoms with Gasteiger partial charge in [0.05, 0.1) is 0 Å². The van der Waals surface area contributed by atoms with Crippen LogP contribution in [0.3, 0.4) is 0 Å². The third-order valence-corrected chi connectivity index (χ3v) is 3.52. The summed E-state index contributed by atoms with van der Waals surface area (Å²) in [5.41, 5.74) is 20.6. The number of carboxylic acids is 1. The highest BCUT2D eigenvalue weighted by Gasteiger charge is 2.07. The van der Waals surface area contributed by atoms with Crippen LogP contribution in [0.2, 0.25) is 0 Å². The van der Waals surface area contributed by atoms with E-state index in [1.54, 1.807) is 0 Å². The number of aryl methyl sites for hydroxylation is 4. The topological polar surface area (TPSA) is 89.3 Å². The van der Waals surface area contributed by atoms with Crippen LogP contribution in [0, 0.1) is 27.7 Å². The predicted molar refractivity (Wildman–Crippen MR) is 93.0 cm³/mol. The third-order valence-electron chi connectivity index (χ3n) is 3.52. The molecule has 0 atom stereocenters. The van der Waals surface area contributed by atoms with Crippen LogP contribution in [-0.2, 0) is 4.79 Å². The number of hydrogen-bond donors (Lipinski definition) is 3. The molecule has 0 aromatic heterocycles. The summed E-state index contributed by atoms with van der Waals surface area (Å²) >= 11 is 0. The second kappa shape index (κ2) is 6.98. The van der Waals surface area contributed by atoms with E-state index >= 15 is 0 Å². The average molecular weight is 300 g/mol. The van der Waals surface area contributed by atoms with Crippen molar-refractivity contribution in [2.24, 2.45) is 0 Å². The molecule has 22 heavy (non-hydrogen) atoms. The molecule has 0 saturated carbocycles. The van der Waals surface area contributed by atoms with Gasteiger partial charge in [0, 0.05) is 18.3 Å². The lowest BCUT2D eigenvalue weighted by molar-refractivity contribution is -0.134. The fourth-order valence-corrected chi connectivity index (χ4v) is 2.28. The second-order valence-electron chi connectivity index (χ2n) is 5.57. The van der Waals surface area contributed by atoms with Crippen LogP contribution in [0.15, 0.2) is 24.3 Å². The maximum atomic E-state index is 9.00. The Bertz CT molecular complexity index is 601. The van der Waals surface area contributed by atoms with E-state index in [2.05, 4.69) is 24.3 Å². The first kappa shape index (κ1) is 17.6. The third kappa shape index (κ3) is 4.25. The van der Waals surface area contributed by atoms with E-state index in [1.807, 2.05) is 27.7 Å². The summed E-state index contributed by atoms with van der Waals surface area (Å²) in [4.78, 5) is 9.00. The van der Waals surface area contributed by atoms with Gasteiger partial charge in [-0.2, -0.15) is 0 Å². The average Bonchev–Trinajstić information content (AvgIpc) is 2.40. The molecular formula is C18H24N2O2. The number of nitrogens with two attached hydrogens (primary N) is 2. The summed E-state index contributed by atoms with van der Waals surface area (Å²) in [5.74, 6) is -0.833. The molecule has 2 aromatic rings. The Labute approximate surface area is 131 Å². The molecule has 0 saturated heterocycles. The quantitative estimate of drug-likeness (QED) is 0.698. The summed E-state index contributed by atoms with van der Waals surface area (Å²) in [6.07, 6.45) is 0. The van der Waals surface area contributed by atoms with E-state index in [4.69, 9.17) is 21.4 Å². The molecule has 0 aliphatic heterocycles. The molecule has 0 radical (unpaired) electrons. The van der Waals surface area contributed by atoms with Crippen LogP contribution in [-0.4, -0.2) is 11.1 Å². The molecule has 5 N–H and O–H groups in total. The molecular weight excluding hydrogens is 276 g/mol. The standard InChI is InChI=1S/C16H20N2.C2H4O2/c1-9-5-13(6-10(2)15(9)17)14-7-11(3)16(18)12(4)8-14;1-2(3)4/h5-8H,17-18H2,1-4H3;1H3,(H,3,4). The Balaban J connectivity index is 0.000000541. The van der Waals surface area contributed by atoms with Gasteiger partial charge in [-0.25, -0.2) is 0 Å². The molecule has 0 bridgehead atoms. The van der Waals surface area contributed by atoms with Crippen LogP contribution in [0.4, 0.5) is 11.4 Å². The van der Waals surface area contributed by atoms with Gasteiger partial charge in [-0.3, -0.25) is 4.79 Å². The first-order valence-electron chi connectivity index (χ1n) is 7.06. The number of benzene rings is 2. The zero-order valence-corrected chi connectivity index (χ0v) is 13.8. The van der Waals surface area contributed by atoms with Gasteiger partial charge in [0.1, 0.15) is 0 Å². The van der Waals surface area contributed by atoms with Gasteiger partial charge in [-0.15, -0.1) is 0 Å². The number of carbonyl (C=O) groups is 1. The summed E-state index contributed by atoms with van der Waals surface area (Å²) in [6, 6.07) is 8.53. The lowest BCUT2D eigenvalue weighted by Crippen LogP contribution is -1.97. The van der Waals surface area contributed by atoms with Crippen molar-refractivity contribution in [2.75, 3.05) is 11.5 Å². The molecule has 0 unspecified atom stereocenters. The lowest BCUT2D eigenvalue weighted by Gasteiger charge is -2.12. The number of hydrogen-bond acceptors (Lipinski definition) is 3. The van der Waals surface area contributed by atoms with Gasteiger partial charge >= 0.3 is 0 Å². The van der Waals surface area contributed by atoms with Crippen molar-refractivity contribution >= 4 is 17.3 Å². The van der Waals surface area contributed by atoms with Crippen LogP contribution in [0.1, 0.15) is 29.2 Å². The minimum atomic E-state index is -0.833. The molecule has 4 heteroatoms. The smallest absolute Gasteiger partial charge is 0.300 e. The largest absolute Gasteiger partial charge is 0.481 e. The number of aliphatic carboxylic acids is 1. The molecule has 0 aliphatic rings. The zero-order chi connectivity index (χ0) is 17.0. The van der Waals surface area contributed by atoms with Crippen LogP contribution >= 0.6 is 0 Å². The summed E-state index contributed by atoms with van der Waals surface area (Å²) in [7, 11) is 0. The fraction of sp³-hybridized carbons (Fsp3) is 0.278. The first-order valence-corrected chi connectivity index (χ1v) is 7.06. The molecule has 0 spiro atoms. The molecule has 0 aliphatic carbocycles. The van der Waals surface area contributed by atoms with Gasteiger partial charge in [-0.1, -0.05) is 0 Å². The molecule has 2 aromatic carbocycles. The Hall–Kier alpha value is -2.49. The first-order chi connectivity index (χ1) is 10.1. The minimum Gasteiger partial charge on any atom is -0.481 e. The molecule has 0 amide bonds. The number of rotatable bonds is 1. The van der Waals surface area contributed by atoms with Crippen LogP contribution in [0.25, 0.3) is 11.1 Å². The van der Waals surface area contributed by atoms with E-state index in [-0.39, 0.29) is 0 Å². The van der Waals surface area contributed by atoms with Crippen molar-refractivity contribution in [3.05, 3.63) is 46.5 Å². The zero-order valence-electron chi connectivity index (χ0n) is 13.8. The van der Waals surface area contributed by atoms with Gasteiger partial charge in [0.25, 0.3) is 5.97 Å². The number of anilines is 2. The van der Waals surface area contributed by atoms with E-state index in [0.29, 0.717) is 0 Å². The monoisotopic (exact) mass is 300 g/mol. The fourth-order valence-electron chi connectivity index (χ4n) is 2.28. The van der Waals surface area contributed by atoms with E-state index in [1.165, 1.54) is 11.1 Å². The molecule has 2 rings (SSSR count). The molecule has 118 valence electrons. The van der Waals surface area contributed by atoms with Crippen molar-refractivity contribution in [1.29, 1.82) is 0 Å². The van der Waals surface area contributed by atoms with Gasteiger partial charge < -0.3 is 16.6 Å². The van der Waals surface area contributed by atoms with E-state index in [9.17, 15) is 0 Å². The lowest BCUT2D eigenvalue weighted by atomic mass is 9.95. The Morgan fingerprint density at radius 1 is 0.773 bits per heavy atom. The van der Waals surface area contributed by atoms with Crippen molar-refractivity contribution in [2.45, 2.75) is 34.6 Å². The van der Waals surface area contributed by atoms with Gasteiger partial charge in [0.15, 0.2) is 0 Å². The Morgan fingerprint density at radius 3 is 1.14 bits per heavy atom. The summed E-state index contributed by atoms with van der Waals surface area (Å²) in [6.45, 7) is 9.26. The second-order valence-corrected chi connectivity index (χ2v) is 5.57. The van der Waals surface area contributed by atoms with Crippen molar-refractivity contribution in [3.8, 4) is 11.1 Å². The van der Waals surface area contributed by atoms with Gasteiger partial charge in [0.2, 0.25) is 0 Å². The Kier molecular flexibility index (Phi) is 5.57. The van der Waals surface area contributed by atoms with Crippen molar-refractivity contribution in [1.82, 2.24) is 0 Å². The molecule has 4 nitrogen and oxygen atoms in total. The predicted octanol–water partition coefficient (Wildman–Crippen LogP) is 3.84.